The molecule has 0 fully saturated rings. The number of benzene rings is 2. The first-order valence-electron chi connectivity index (χ1n) is 9.70. The smallest absolute Gasteiger partial charge is 0.339 e. The number of hydrogen-bond donors (Lipinski definition) is 0. The van der Waals surface area contributed by atoms with E-state index < -0.39 is 5.97 Å². The van der Waals surface area contributed by atoms with Crippen molar-refractivity contribution >= 4 is 5.97 Å². The molecule has 0 spiro atoms. The second-order valence-electron chi connectivity index (χ2n) is 6.84. The SMILES string of the molecule is CCCn1nnnc1COC(=O)c1ccccc1-c1ncc(-c2ccc(C)cc2)o1. The molecule has 0 radical (unpaired) electrons. The van der Waals surface area contributed by atoms with E-state index in [4.69, 9.17) is 9.15 Å². The van der Waals surface area contributed by atoms with Crippen molar-refractivity contribution in [2.45, 2.75) is 33.4 Å². The van der Waals surface area contributed by atoms with Crippen LogP contribution in [0.3, 0.4) is 0 Å². The molecule has 0 bridgehead atoms. The maximum absolute atomic E-state index is 12.7. The lowest BCUT2D eigenvalue weighted by atomic mass is 10.1. The van der Waals surface area contributed by atoms with E-state index in [0.29, 0.717) is 35.1 Å². The van der Waals surface area contributed by atoms with Crippen LogP contribution in [0.5, 0.6) is 0 Å². The Morgan fingerprint density at radius 2 is 1.93 bits per heavy atom. The molecular formula is C22H21N5O3. The predicted molar refractivity (Wildman–Crippen MR) is 109 cm³/mol. The van der Waals surface area contributed by atoms with Crippen molar-refractivity contribution in [3.63, 3.8) is 0 Å². The Hall–Kier alpha value is -3.81. The number of esters is 1. The molecule has 0 aliphatic heterocycles. The van der Waals surface area contributed by atoms with E-state index in [1.807, 2.05) is 44.2 Å². The second kappa shape index (κ2) is 8.69. The van der Waals surface area contributed by atoms with E-state index in [1.54, 1.807) is 29.1 Å². The van der Waals surface area contributed by atoms with Crippen LogP contribution in [0.15, 0.2) is 59.1 Å². The number of hydrogen-bond acceptors (Lipinski definition) is 7. The summed E-state index contributed by atoms with van der Waals surface area (Å²) in [5.41, 5.74) is 3.01. The number of aromatic nitrogens is 5. The third-order valence-corrected chi connectivity index (χ3v) is 4.59. The minimum atomic E-state index is -0.494. The Labute approximate surface area is 173 Å². The van der Waals surface area contributed by atoms with Gasteiger partial charge in [-0.1, -0.05) is 48.9 Å². The van der Waals surface area contributed by atoms with Crippen molar-refractivity contribution < 1.29 is 13.9 Å². The van der Waals surface area contributed by atoms with Gasteiger partial charge in [0.2, 0.25) is 5.89 Å². The normalized spacial score (nSPS) is 10.9. The second-order valence-corrected chi connectivity index (χ2v) is 6.84. The van der Waals surface area contributed by atoms with Crippen LogP contribution in [-0.2, 0) is 17.9 Å². The van der Waals surface area contributed by atoms with E-state index in [0.717, 1.165) is 17.5 Å². The Morgan fingerprint density at radius 1 is 1.13 bits per heavy atom. The Bertz CT molecular complexity index is 1150. The fourth-order valence-corrected chi connectivity index (χ4v) is 3.02. The molecule has 0 unspecified atom stereocenters. The van der Waals surface area contributed by atoms with Crippen LogP contribution in [0.4, 0.5) is 0 Å². The molecule has 2 heterocycles. The van der Waals surface area contributed by atoms with Gasteiger partial charge in [-0.05, 0) is 35.9 Å². The van der Waals surface area contributed by atoms with Gasteiger partial charge >= 0.3 is 5.97 Å². The maximum Gasteiger partial charge on any atom is 0.339 e. The molecule has 0 atom stereocenters. The molecule has 0 saturated carbocycles. The van der Waals surface area contributed by atoms with E-state index in [9.17, 15) is 4.79 Å². The van der Waals surface area contributed by atoms with Crippen LogP contribution < -0.4 is 0 Å². The van der Waals surface area contributed by atoms with Crippen LogP contribution in [0.25, 0.3) is 22.8 Å². The minimum absolute atomic E-state index is 0.0135. The Kier molecular flexibility index (Phi) is 5.65. The summed E-state index contributed by atoms with van der Waals surface area (Å²) in [6.45, 7) is 4.70. The molecule has 2 aromatic carbocycles. The van der Waals surface area contributed by atoms with Gasteiger partial charge in [-0.25, -0.2) is 14.5 Å². The first-order chi connectivity index (χ1) is 14.7. The molecule has 0 N–H and O–H groups in total. The van der Waals surface area contributed by atoms with Gasteiger partial charge in [-0.2, -0.15) is 0 Å². The van der Waals surface area contributed by atoms with Gasteiger partial charge < -0.3 is 9.15 Å². The number of tetrazole rings is 1. The summed E-state index contributed by atoms with van der Waals surface area (Å²) in [6.07, 6.45) is 2.53. The quantitative estimate of drug-likeness (QED) is 0.429. The topological polar surface area (TPSA) is 95.9 Å². The molecule has 8 heteroatoms. The van der Waals surface area contributed by atoms with Crippen molar-refractivity contribution in [3.8, 4) is 22.8 Å². The van der Waals surface area contributed by atoms with Gasteiger partial charge in [-0.3, -0.25) is 0 Å². The highest BCUT2D eigenvalue weighted by atomic mass is 16.5. The van der Waals surface area contributed by atoms with Crippen LogP contribution in [0.2, 0.25) is 0 Å². The zero-order chi connectivity index (χ0) is 20.9. The zero-order valence-corrected chi connectivity index (χ0v) is 16.8. The molecule has 0 amide bonds. The highest BCUT2D eigenvalue weighted by molar-refractivity contribution is 5.96. The van der Waals surface area contributed by atoms with Crippen LogP contribution in [0.1, 0.15) is 35.1 Å². The van der Waals surface area contributed by atoms with Crippen molar-refractivity contribution in [1.82, 2.24) is 25.2 Å². The molecule has 4 aromatic rings. The molecule has 4 rings (SSSR count). The van der Waals surface area contributed by atoms with Crippen molar-refractivity contribution in [2.75, 3.05) is 0 Å². The molecule has 30 heavy (non-hydrogen) atoms. The summed E-state index contributed by atoms with van der Waals surface area (Å²) in [7, 11) is 0. The summed E-state index contributed by atoms with van der Waals surface area (Å²) in [4.78, 5) is 17.1. The van der Waals surface area contributed by atoms with Crippen LogP contribution in [-0.4, -0.2) is 31.2 Å². The first kappa shape index (κ1) is 19.5. The van der Waals surface area contributed by atoms with Crippen LogP contribution >= 0.6 is 0 Å². The molecule has 0 aliphatic rings. The monoisotopic (exact) mass is 403 g/mol. The van der Waals surface area contributed by atoms with Crippen LogP contribution in [0, 0.1) is 6.92 Å². The molecule has 2 aromatic heterocycles. The Balaban J connectivity index is 1.54. The number of carbonyl (C=O) groups is 1. The van der Waals surface area contributed by atoms with E-state index in [1.165, 1.54) is 0 Å². The number of nitrogens with zero attached hydrogens (tertiary/aromatic N) is 5. The molecule has 8 nitrogen and oxygen atoms in total. The fraction of sp³-hybridized carbons (Fsp3) is 0.227. The number of carbonyl (C=O) groups excluding carboxylic acids is 1. The minimum Gasteiger partial charge on any atom is -0.454 e. The molecular weight excluding hydrogens is 382 g/mol. The highest BCUT2D eigenvalue weighted by Crippen LogP contribution is 2.28. The third-order valence-electron chi connectivity index (χ3n) is 4.59. The lowest BCUT2D eigenvalue weighted by Gasteiger charge is -2.08. The Morgan fingerprint density at radius 3 is 2.73 bits per heavy atom. The average Bonchev–Trinajstić information content (AvgIpc) is 3.43. The highest BCUT2D eigenvalue weighted by Gasteiger charge is 2.19. The van der Waals surface area contributed by atoms with E-state index >= 15 is 0 Å². The summed E-state index contributed by atoms with van der Waals surface area (Å²) >= 11 is 0. The van der Waals surface area contributed by atoms with Gasteiger partial charge in [0.1, 0.15) is 0 Å². The van der Waals surface area contributed by atoms with Gasteiger partial charge in [0.05, 0.1) is 17.3 Å². The van der Waals surface area contributed by atoms with Gasteiger partial charge in [0.25, 0.3) is 0 Å². The number of ether oxygens (including phenoxy) is 1. The lowest BCUT2D eigenvalue weighted by molar-refractivity contribution is 0.0457. The summed E-state index contributed by atoms with van der Waals surface area (Å²) < 4.78 is 13.0. The predicted octanol–water partition coefficient (Wildman–Crippen LogP) is 4.07. The fourth-order valence-electron chi connectivity index (χ4n) is 3.02. The maximum atomic E-state index is 12.7. The van der Waals surface area contributed by atoms with Crippen molar-refractivity contribution in [3.05, 3.63) is 71.7 Å². The first-order valence-corrected chi connectivity index (χ1v) is 9.70. The summed E-state index contributed by atoms with van der Waals surface area (Å²) in [6, 6.07) is 15.0. The number of aryl methyl sites for hydroxylation is 2. The molecule has 152 valence electrons. The zero-order valence-electron chi connectivity index (χ0n) is 16.8. The van der Waals surface area contributed by atoms with Crippen molar-refractivity contribution in [2.24, 2.45) is 0 Å². The van der Waals surface area contributed by atoms with E-state index in [2.05, 4.69) is 20.5 Å². The van der Waals surface area contributed by atoms with E-state index in [-0.39, 0.29) is 6.61 Å². The molecule has 0 saturated heterocycles. The number of oxazole rings is 1. The standard InChI is InChI=1S/C22H21N5O3/c1-3-12-27-20(24-25-26-27)14-29-22(28)18-7-5-4-6-17(18)21-23-13-19(30-21)16-10-8-15(2)9-11-16/h4-11,13H,3,12,14H2,1-2H3. The van der Waals surface area contributed by atoms with Crippen molar-refractivity contribution in [1.29, 1.82) is 0 Å². The summed E-state index contributed by atoms with van der Waals surface area (Å²) in [5, 5.41) is 11.5. The largest absolute Gasteiger partial charge is 0.454 e. The molecule has 0 aliphatic carbocycles. The van der Waals surface area contributed by atoms with Gasteiger partial charge in [-0.15, -0.1) is 5.10 Å². The lowest BCUT2D eigenvalue weighted by Crippen LogP contribution is -2.11. The van der Waals surface area contributed by atoms with Gasteiger partial charge in [0.15, 0.2) is 18.2 Å². The average molecular weight is 403 g/mol. The number of rotatable bonds is 7. The van der Waals surface area contributed by atoms with Gasteiger partial charge in [0, 0.05) is 12.1 Å². The third kappa shape index (κ3) is 4.12. The summed E-state index contributed by atoms with van der Waals surface area (Å²) in [5.74, 6) is 0.994.